The summed E-state index contributed by atoms with van der Waals surface area (Å²) < 4.78 is 13.7. The molecule has 0 spiro atoms. The number of halogens is 1. The number of aliphatic hydroxyl groups is 1. The fourth-order valence-corrected chi connectivity index (χ4v) is 2.38. The van der Waals surface area contributed by atoms with Gasteiger partial charge < -0.3 is 10.0 Å². The lowest BCUT2D eigenvalue weighted by Crippen LogP contribution is -2.22. The highest BCUT2D eigenvalue weighted by Crippen LogP contribution is 2.39. The van der Waals surface area contributed by atoms with E-state index in [4.69, 9.17) is 0 Å². The number of benzene rings is 1. The zero-order chi connectivity index (χ0) is 12.6. The van der Waals surface area contributed by atoms with Crippen LogP contribution >= 0.6 is 0 Å². The second-order valence-electron chi connectivity index (χ2n) is 5.20. The summed E-state index contributed by atoms with van der Waals surface area (Å²) >= 11 is 0. The molecule has 1 saturated carbocycles. The maximum absolute atomic E-state index is 13.7. The van der Waals surface area contributed by atoms with Crippen LogP contribution in [0.2, 0.25) is 0 Å². The Kier molecular flexibility index (Phi) is 3.38. The van der Waals surface area contributed by atoms with Gasteiger partial charge in [0, 0.05) is 24.8 Å². The SMILES string of the molecule is CC1CC1CN(C)c1cccc(F)c1[C@@H](C)O. The summed E-state index contributed by atoms with van der Waals surface area (Å²) in [5, 5.41) is 9.67. The van der Waals surface area contributed by atoms with E-state index >= 15 is 0 Å². The molecule has 2 unspecified atom stereocenters. The number of rotatable bonds is 4. The zero-order valence-electron chi connectivity index (χ0n) is 10.7. The molecule has 1 N–H and O–H groups in total. The largest absolute Gasteiger partial charge is 0.389 e. The molecular weight excluding hydrogens is 217 g/mol. The molecular formula is C14H20FNO. The van der Waals surface area contributed by atoms with Crippen molar-refractivity contribution >= 4 is 5.69 Å². The molecule has 94 valence electrons. The molecule has 0 bridgehead atoms. The molecule has 2 rings (SSSR count). The van der Waals surface area contributed by atoms with Crippen LogP contribution in [0.15, 0.2) is 18.2 Å². The molecule has 2 nitrogen and oxygen atoms in total. The lowest BCUT2D eigenvalue weighted by molar-refractivity contribution is 0.194. The third kappa shape index (κ3) is 2.60. The Morgan fingerprint density at radius 3 is 2.71 bits per heavy atom. The van der Waals surface area contributed by atoms with E-state index in [0.29, 0.717) is 11.5 Å². The molecule has 0 amide bonds. The molecule has 1 aromatic carbocycles. The molecule has 1 fully saturated rings. The third-order valence-corrected chi connectivity index (χ3v) is 3.64. The van der Waals surface area contributed by atoms with E-state index in [1.165, 1.54) is 12.5 Å². The fourth-order valence-electron chi connectivity index (χ4n) is 2.38. The topological polar surface area (TPSA) is 23.5 Å². The van der Waals surface area contributed by atoms with Crippen molar-refractivity contribution in [2.24, 2.45) is 11.8 Å². The van der Waals surface area contributed by atoms with Crippen LogP contribution in [-0.4, -0.2) is 18.7 Å². The minimum atomic E-state index is -0.773. The highest BCUT2D eigenvalue weighted by molar-refractivity contribution is 5.54. The molecule has 3 atom stereocenters. The smallest absolute Gasteiger partial charge is 0.131 e. The quantitative estimate of drug-likeness (QED) is 0.870. The average Bonchev–Trinajstić information content (AvgIpc) is 2.93. The fraction of sp³-hybridized carbons (Fsp3) is 0.571. The standard InChI is InChI=1S/C14H20FNO/c1-9-7-11(9)8-16(3)13-6-4-5-12(15)14(13)10(2)17/h4-6,9-11,17H,7-8H2,1-3H3/t9?,10-,11?/m1/s1. The van der Waals surface area contributed by atoms with E-state index in [0.717, 1.165) is 18.2 Å². The molecule has 1 aliphatic rings. The summed E-state index contributed by atoms with van der Waals surface area (Å²) in [7, 11) is 1.96. The monoisotopic (exact) mass is 237 g/mol. The van der Waals surface area contributed by atoms with Crippen LogP contribution in [0, 0.1) is 17.7 Å². The van der Waals surface area contributed by atoms with Gasteiger partial charge in [0.2, 0.25) is 0 Å². The molecule has 1 aliphatic carbocycles. The van der Waals surface area contributed by atoms with Crippen molar-refractivity contribution in [3.8, 4) is 0 Å². The second-order valence-corrected chi connectivity index (χ2v) is 5.20. The molecule has 0 heterocycles. The third-order valence-electron chi connectivity index (χ3n) is 3.64. The van der Waals surface area contributed by atoms with Crippen LogP contribution in [0.5, 0.6) is 0 Å². The molecule has 0 saturated heterocycles. The summed E-state index contributed by atoms with van der Waals surface area (Å²) in [6, 6.07) is 4.97. The van der Waals surface area contributed by atoms with Crippen molar-refractivity contribution in [1.29, 1.82) is 0 Å². The van der Waals surface area contributed by atoms with E-state index in [1.54, 1.807) is 13.0 Å². The van der Waals surface area contributed by atoms with Gasteiger partial charge in [-0.15, -0.1) is 0 Å². The highest BCUT2D eigenvalue weighted by atomic mass is 19.1. The Morgan fingerprint density at radius 1 is 1.53 bits per heavy atom. The summed E-state index contributed by atoms with van der Waals surface area (Å²) in [6.07, 6.45) is 0.481. The van der Waals surface area contributed by atoms with E-state index in [2.05, 4.69) is 11.8 Å². The van der Waals surface area contributed by atoms with Crippen molar-refractivity contribution in [2.45, 2.75) is 26.4 Å². The predicted octanol–water partition coefficient (Wildman–Crippen LogP) is 2.97. The van der Waals surface area contributed by atoms with Crippen molar-refractivity contribution in [2.75, 3.05) is 18.5 Å². The van der Waals surface area contributed by atoms with Crippen molar-refractivity contribution in [1.82, 2.24) is 0 Å². The van der Waals surface area contributed by atoms with Gasteiger partial charge >= 0.3 is 0 Å². The number of anilines is 1. The first-order valence-electron chi connectivity index (χ1n) is 6.18. The van der Waals surface area contributed by atoms with E-state index in [1.807, 2.05) is 13.1 Å². The number of nitrogens with zero attached hydrogens (tertiary/aromatic N) is 1. The Hall–Kier alpha value is -1.09. The Bertz CT molecular complexity index is 405. The van der Waals surface area contributed by atoms with Gasteiger partial charge in [0.1, 0.15) is 5.82 Å². The van der Waals surface area contributed by atoms with Gasteiger partial charge in [-0.05, 0) is 37.3 Å². The van der Waals surface area contributed by atoms with Crippen LogP contribution < -0.4 is 4.90 Å². The van der Waals surface area contributed by atoms with Crippen LogP contribution in [0.25, 0.3) is 0 Å². The highest BCUT2D eigenvalue weighted by Gasteiger charge is 2.33. The molecule has 1 aromatic rings. The Morgan fingerprint density at radius 2 is 2.18 bits per heavy atom. The maximum Gasteiger partial charge on any atom is 0.131 e. The molecule has 3 heteroatoms. The minimum Gasteiger partial charge on any atom is -0.389 e. The molecule has 0 aliphatic heterocycles. The summed E-state index contributed by atoms with van der Waals surface area (Å²) in [5.74, 6) is 1.17. The van der Waals surface area contributed by atoms with E-state index < -0.39 is 6.10 Å². The van der Waals surface area contributed by atoms with Crippen molar-refractivity contribution in [3.63, 3.8) is 0 Å². The van der Waals surface area contributed by atoms with Gasteiger partial charge in [-0.3, -0.25) is 0 Å². The van der Waals surface area contributed by atoms with Gasteiger partial charge in [-0.25, -0.2) is 4.39 Å². The van der Waals surface area contributed by atoms with Crippen molar-refractivity contribution in [3.05, 3.63) is 29.6 Å². The first-order chi connectivity index (χ1) is 8.00. The van der Waals surface area contributed by atoms with Gasteiger partial charge in [0.15, 0.2) is 0 Å². The van der Waals surface area contributed by atoms with E-state index in [9.17, 15) is 9.50 Å². The number of aliphatic hydroxyl groups excluding tert-OH is 1. The van der Waals surface area contributed by atoms with Gasteiger partial charge in [-0.1, -0.05) is 13.0 Å². The second kappa shape index (κ2) is 4.65. The number of hydrogen-bond acceptors (Lipinski definition) is 2. The van der Waals surface area contributed by atoms with Gasteiger partial charge in [0.05, 0.1) is 6.10 Å². The molecule has 17 heavy (non-hydrogen) atoms. The lowest BCUT2D eigenvalue weighted by atomic mass is 10.1. The van der Waals surface area contributed by atoms with Gasteiger partial charge in [-0.2, -0.15) is 0 Å². The van der Waals surface area contributed by atoms with Crippen molar-refractivity contribution < 1.29 is 9.50 Å². The maximum atomic E-state index is 13.7. The summed E-state index contributed by atoms with van der Waals surface area (Å²) in [5.41, 5.74) is 1.21. The molecule has 0 aromatic heterocycles. The average molecular weight is 237 g/mol. The van der Waals surface area contributed by atoms with E-state index in [-0.39, 0.29) is 5.82 Å². The predicted molar refractivity (Wildman–Crippen MR) is 67.6 cm³/mol. The van der Waals surface area contributed by atoms with Crippen LogP contribution in [0.1, 0.15) is 31.9 Å². The first-order valence-corrected chi connectivity index (χ1v) is 6.18. The molecule has 0 radical (unpaired) electrons. The van der Waals surface area contributed by atoms with Crippen LogP contribution in [0.3, 0.4) is 0 Å². The number of hydrogen-bond donors (Lipinski definition) is 1. The van der Waals surface area contributed by atoms with Crippen LogP contribution in [-0.2, 0) is 0 Å². The van der Waals surface area contributed by atoms with Crippen LogP contribution in [0.4, 0.5) is 10.1 Å². The summed E-state index contributed by atoms with van der Waals surface area (Å²) in [4.78, 5) is 2.05. The summed E-state index contributed by atoms with van der Waals surface area (Å²) in [6.45, 7) is 4.78. The van der Waals surface area contributed by atoms with Gasteiger partial charge in [0.25, 0.3) is 0 Å². The normalized spacial score (nSPS) is 24.5. The lowest BCUT2D eigenvalue weighted by Gasteiger charge is -2.24. The first kappa shape index (κ1) is 12.4. The minimum absolute atomic E-state index is 0.326. The Labute approximate surface area is 102 Å². The zero-order valence-corrected chi connectivity index (χ0v) is 10.7. The Balaban J connectivity index is 2.21.